The molecule has 1 heterocycles. The molecule has 0 saturated heterocycles. The van der Waals surface area contributed by atoms with Crippen LogP contribution in [-0.2, 0) is 22.3 Å². The first kappa shape index (κ1) is 16.5. The van der Waals surface area contributed by atoms with Crippen LogP contribution >= 0.6 is 15.9 Å². The Hall–Kier alpha value is -1.40. The molecule has 0 unspecified atom stereocenters. The van der Waals surface area contributed by atoms with Crippen LogP contribution in [0.4, 0.5) is 0 Å². The van der Waals surface area contributed by atoms with E-state index >= 15 is 0 Å². The molecule has 23 heavy (non-hydrogen) atoms. The van der Waals surface area contributed by atoms with Crippen LogP contribution in [0, 0.1) is 0 Å². The van der Waals surface area contributed by atoms with Crippen molar-refractivity contribution in [2.75, 3.05) is 0 Å². The lowest BCUT2D eigenvalue weighted by Gasteiger charge is -2.11. The average Bonchev–Trinajstić information content (AvgIpc) is 3.23. The summed E-state index contributed by atoms with van der Waals surface area (Å²) in [5.74, 6) is 0.938. The largest absolute Gasteiger partial charge is 0.465 e. The fourth-order valence-corrected chi connectivity index (χ4v) is 3.25. The Labute approximate surface area is 147 Å². The molecule has 0 radical (unpaired) electrons. The van der Waals surface area contributed by atoms with Crippen molar-refractivity contribution >= 4 is 33.4 Å². The molecule has 1 fully saturated rings. The predicted octanol–water partition coefficient (Wildman–Crippen LogP) is 4.29. The SMILES string of the molecule is CC(C)(Cc1cc(Br)ccc1C(=O)c1cnoc1C1CC1)[S+]=O. The molecule has 0 aliphatic heterocycles. The van der Waals surface area contributed by atoms with E-state index in [9.17, 15) is 9.00 Å². The van der Waals surface area contributed by atoms with E-state index in [1.165, 1.54) is 6.20 Å². The van der Waals surface area contributed by atoms with Crippen LogP contribution in [0.15, 0.2) is 33.4 Å². The van der Waals surface area contributed by atoms with Gasteiger partial charge in [-0.15, -0.1) is 0 Å². The third kappa shape index (κ3) is 3.58. The summed E-state index contributed by atoms with van der Waals surface area (Å²) in [4.78, 5) is 13.0. The van der Waals surface area contributed by atoms with E-state index in [4.69, 9.17) is 4.52 Å². The highest BCUT2D eigenvalue weighted by molar-refractivity contribution is 9.10. The van der Waals surface area contributed by atoms with Crippen LogP contribution in [0.3, 0.4) is 0 Å². The summed E-state index contributed by atoms with van der Waals surface area (Å²) < 4.78 is 17.0. The van der Waals surface area contributed by atoms with Crippen molar-refractivity contribution in [1.29, 1.82) is 0 Å². The van der Waals surface area contributed by atoms with E-state index in [0.717, 1.165) is 22.9 Å². The number of carbonyl (C=O) groups excluding carboxylic acids is 1. The monoisotopic (exact) mass is 394 g/mol. The molecular weight excluding hydrogens is 378 g/mol. The minimum Gasteiger partial charge on any atom is -0.360 e. The molecule has 0 N–H and O–H groups in total. The smallest absolute Gasteiger partial charge is 0.360 e. The maximum Gasteiger partial charge on any atom is 0.465 e. The van der Waals surface area contributed by atoms with Gasteiger partial charge in [0.2, 0.25) is 4.75 Å². The van der Waals surface area contributed by atoms with Gasteiger partial charge in [-0.25, -0.2) is 0 Å². The number of benzene rings is 1. The maximum atomic E-state index is 13.0. The van der Waals surface area contributed by atoms with Crippen LogP contribution in [0.1, 0.15) is 59.9 Å². The van der Waals surface area contributed by atoms with Crippen molar-refractivity contribution in [3.05, 3.63) is 51.3 Å². The van der Waals surface area contributed by atoms with Gasteiger partial charge in [0, 0.05) is 40.4 Å². The van der Waals surface area contributed by atoms with Crippen molar-refractivity contribution in [2.24, 2.45) is 0 Å². The Balaban J connectivity index is 2.00. The summed E-state index contributed by atoms with van der Waals surface area (Å²) in [6.45, 7) is 3.77. The summed E-state index contributed by atoms with van der Waals surface area (Å²) in [5, 5.41) is 3.81. The van der Waals surface area contributed by atoms with Gasteiger partial charge in [0.15, 0.2) is 11.5 Å². The molecular formula is C17H17BrNO3S+. The van der Waals surface area contributed by atoms with Crippen molar-refractivity contribution in [3.63, 3.8) is 0 Å². The molecule has 0 spiro atoms. The summed E-state index contributed by atoms with van der Waals surface area (Å²) in [6, 6.07) is 5.56. The molecule has 1 aliphatic carbocycles. The molecule has 6 heteroatoms. The van der Waals surface area contributed by atoms with Gasteiger partial charge in [-0.1, -0.05) is 21.1 Å². The van der Waals surface area contributed by atoms with Crippen LogP contribution in [0.2, 0.25) is 0 Å². The van der Waals surface area contributed by atoms with Gasteiger partial charge in [0.25, 0.3) is 0 Å². The molecule has 0 bridgehead atoms. The number of hydrogen-bond donors (Lipinski definition) is 0. The number of carbonyl (C=O) groups is 1. The standard InChI is InChI=1S/C17H17BrNO3S/c1-17(2,23-21)8-11-7-12(18)5-6-13(11)15(20)14-9-19-22-16(14)10-3-4-10/h5-7,9-10H,3-4,8H2,1-2H3/q+1. The molecule has 1 saturated carbocycles. The zero-order valence-electron chi connectivity index (χ0n) is 13.0. The number of halogens is 1. The first-order chi connectivity index (χ1) is 10.9. The van der Waals surface area contributed by atoms with Crippen molar-refractivity contribution in [2.45, 2.75) is 43.8 Å². The van der Waals surface area contributed by atoms with Gasteiger partial charge in [-0.2, -0.15) is 0 Å². The Kier molecular flexibility index (Phi) is 4.47. The minimum atomic E-state index is -0.482. The Morgan fingerprint density at radius 3 is 2.78 bits per heavy atom. The quantitative estimate of drug-likeness (QED) is 0.541. The van der Waals surface area contributed by atoms with Crippen LogP contribution in [0.25, 0.3) is 0 Å². The number of rotatable bonds is 6. The highest BCUT2D eigenvalue weighted by Gasteiger charge is 2.36. The second kappa shape index (κ2) is 6.24. The van der Waals surface area contributed by atoms with Gasteiger partial charge in [-0.3, -0.25) is 4.79 Å². The van der Waals surface area contributed by atoms with Crippen molar-refractivity contribution < 1.29 is 13.5 Å². The zero-order chi connectivity index (χ0) is 16.6. The third-order valence-corrected chi connectivity index (χ3v) is 5.03. The van der Waals surface area contributed by atoms with Crippen LogP contribution in [-0.4, -0.2) is 15.7 Å². The molecule has 2 aromatic rings. The van der Waals surface area contributed by atoms with E-state index in [1.54, 1.807) is 6.07 Å². The molecule has 0 amide bonds. The second-order valence-electron chi connectivity index (χ2n) is 6.53. The van der Waals surface area contributed by atoms with Gasteiger partial charge in [0.05, 0.1) is 11.8 Å². The normalized spacial score (nSPS) is 14.7. The van der Waals surface area contributed by atoms with Gasteiger partial charge < -0.3 is 4.52 Å². The lowest BCUT2D eigenvalue weighted by atomic mass is 9.92. The summed E-state index contributed by atoms with van der Waals surface area (Å²) in [7, 11) is 0. The molecule has 0 atom stereocenters. The number of ketones is 1. The van der Waals surface area contributed by atoms with Crippen LogP contribution < -0.4 is 0 Å². The minimum absolute atomic E-state index is 0.0812. The Morgan fingerprint density at radius 2 is 2.13 bits per heavy atom. The molecule has 120 valence electrons. The summed E-state index contributed by atoms with van der Waals surface area (Å²) >= 11 is 4.00. The van der Waals surface area contributed by atoms with E-state index in [0.29, 0.717) is 40.9 Å². The molecule has 3 rings (SSSR count). The molecule has 1 aromatic carbocycles. The van der Waals surface area contributed by atoms with E-state index in [1.807, 2.05) is 26.0 Å². The van der Waals surface area contributed by atoms with E-state index in [2.05, 4.69) is 21.1 Å². The van der Waals surface area contributed by atoms with Gasteiger partial charge >= 0.3 is 11.7 Å². The number of hydrogen-bond acceptors (Lipinski definition) is 4. The summed E-state index contributed by atoms with van der Waals surface area (Å²) in [5.41, 5.74) is 2.02. The van der Waals surface area contributed by atoms with Crippen LogP contribution in [0.5, 0.6) is 0 Å². The fourth-order valence-electron chi connectivity index (χ4n) is 2.62. The first-order valence-corrected chi connectivity index (χ1v) is 9.03. The predicted molar refractivity (Wildman–Crippen MR) is 91.9 cm³/mol. The first-order valence-electron chi connectivity index (χ1n) is 7.50. The topological polar surface area (TPSA) is 60.2 Å². The second-order valence-corrected chi connectivity index (χ2v) is 8.72. The van der Waals surface area contributed by atoms with E-state index in [-0.39, 0.29) is 5.78 Å². The van der Waals surface area contributed by atoms with Gasteiger partial charge in [0.1, 0.15) is 0 Å². The Bertz CT molecular complexity index is 765. The highest BCUT2D eigenvalue weighted by Crippen LogP contribution is 2.42. The zero-order valence-corrected chi connectivity index (χ0v) is 15.4. The van der Waals surface area contributed by atoms with Gasteiger partial charge in [-0.05, 0) is 36.6 Å². The highest BCUT2D eigenvalue weighted by atomic mass is 79.9. The number of nitrogens with zero attached hydrogens (tertiary/aromatic N) is 1. The van der Waals surface area contributed by atoms with E-state index < -0.39 is 4.75 Å². The lowest BCUT2D eigenvalue weighted by molar-refractivity contribution is 0.103. The Morgan fingerprint density at radius 1 is 1.39 bits per heavy atom. The lowest BCUT2D eigenvalue weighted by Crippen LogP contribution is -2.23. The molecule has 4 nitrogen and oxygen atoms in total. The molecule has 1 aromatic heterocycles. The summed E-state index contributed by atoms with van der Waals surface area (Å²) in [6.07, 6.45) is 4.12. The fraction of sp³-hybridized carbons (Fsp3) is 0.412. The maximum absolute atomic E-state index is 13.0. The van der Waals surface area contributed by atoms with Crippen molar-refractivity contribution in [1.82, 2.24) is 5.16 Å². The third-order valence-electron chi connectivity index (χ3n) is 3.94. The molecule has 1 aliphatic rings. The van der Waals surface area contributed by atoms with Crippen molar-refractivity contribution in [3.8, 4) is 0 Å². The average molecular weight is 395 g/mol. The number of aromatic nitrogens is 1.